The summed E-state index contributed by atoms with van der Waals surface area (Å²) in [7, 11) is 1.63. The first-order chi connectivity index (χ1) is 17.6. The third kappa shape index (κ3) is 8.76. The molecule has 0 spiro atoms. The molecule has 0 saturated heterocycles. The van der Waals surface area contributed by atoms with Crippen molar-refractivity contribution in [1.29, 1.82) is 0 Å². The van der Waals surface area contributed by atoms with E-state index in [-0.39, 0.29) is 11.8 Å². The second-order valence-corrected chi connectivity index (χ2v) is 9.69. The molecule has 0 aliphatic heterocycles. The zero-order valence-corrected chi connectivity index (χ0v) is 22.0. The third-order valence-corrected chi connectivity index (χ3v) is 6.91. The summed E-state index contributed by atoms with van der Waals surface area (Å²) in [5.74, 6) is 1.60. The van der Waals surface area contributed by atoms with Crippen LogP contribution in [0.1, 0.15) is 36.5 Å². The maximum absolute atomic E-state index is 13.7. The standard InChI is InChI=1S/C30H36N2O3S/c1-3-4-18-31-30(34)28(20-24-12-7-5-8-13-24)32(21-26-16-11-17-27(19-26)35-2)29(33)23-36-22-25-14-9-6-10-15-25/h5-17,19,28H,3-4,18,20-23H2,1-2H3,(H,31,34)/t28-/m1/s1. The SMILES string of the molecule is CCCCNC(=O)[C@@H](Cc1ccccc1)N(Cc1cccc(OC)c1)C(=O)CSCc1ccccc1. The minimum absolute atomic E-state index is 0.0506. The van der Waals surface area contributed by atoms with Crippen LogP contribution in [0, 0.1) is 0 Å². The molecule has 3 aromatic rings. The third-order valence-electron chi connectivity index (χ3n) is 5.92. The predicted octanol–water partition coefficient (Wildman–Crippen LogP) is 5.48. The van der Waals surface area contributed by atoms with E-state index in [0.29, 0.717) is 25.3 Å². The van der Waals surface area contributed by atoms with Crippen molar-refractivity contribution in [1.82, 2.24) is 10.2 Å². The van der Waals surface area contributed by atoms with E-state index in [9.17, 15) is 9.59 Å². The highest BCUT2D eigenvalue weighted by molar-refractivity contribution is 7.99. The minimum Gasteiger partial charge on any atom is -0.497 e. The monoisotopic (exact) mass is 504 g/mol. The fourth-order valence-electron chi connectivity index (χ4n) is 3.94. The summed E-state index contributed by atoms with van der Waals surface area (Å²) < 4.78 is 5.39. The van der Waals surface area contributed by atoms with Gasteiger partial charge in [0.1, 0.15) is 11.8 Å². The molecule has 0 aliphatic rings. The number of hydrogen-bond donors (Lipinski definition) is 1. The topological polar surface area (TPSA) is 58.6 Å². The van der Waals surface area contributed by atoms with E-state index in [1.807, 2.05) is 72.8 Å². The van der Waals surface area contributed by atoms with Crippen LogP contribution in [-0.2, 0) is 28.3 Å². The van der Waals surface area contributed by atoms with Crippen molar-refractivity contribution in [2.45, 2.75) is 44.5 Å². The molecule has 0 aromatic heterocycles. The Labute approximate surface area is 219 Å². The van der Waals surface area contributed by atoms with Crippen molar-refractivity contribution in [2.24, 2.45) is 0 Å². The number of methoxy groups -OCH3 is 1. The number of hydrogen-bond acceptors (Lipinski definition) is 4. The smallest absolute Gasteiger partial charge is 0.243 e. The van der Waals surface area contributed by atoms with Crippen molar-refractivity contribution in [2.75, 3.05) is 19.4 Å². The van der Waals surface area contributed by atoms with Crippen molar-refractivity contribution in [3.05, 3.63) is 102 Å². The van der Waals surface area contributed by atoms with Gasteiger partial charge >= 0.3 is 0 Å². The van der Waals surface area contributed by atoms with E-state index in [0.717, 1.165) is 35.5 Å². The van der Waals surface area contributed by atoms with Gasteiger partial charge in [-0.15, -0.1) is 11.8 Å². The van der Waals surface area contributed by atoms with Crippen LogP contribution in [0.2, 0.25) is 0 Å². The van der Waals surface area contributed by atoms with E-state index < -0.39 is 6.04 Å². The van der Waals surface area contributed by atoms with Crippen LogP contribution in [-0.4, -0.2) is 42.2 Å². The first-order valence-electron chi connectivity index (χ1n) is 12.5. The van der Waals surface area contributed by atoms with Gasteiger partial charge in [0.25, 0.3) is 0 Å². The average Bonchev–Trinajstić information content (AvgIpc) is 2.92. The van der Waals surface area contributed by atoms with E-state index in [1.165, 1.54) is 5.56 Å². The molecule has 1 N–H and O–H groups in total. The molecule has 6 heteroatoms. The molecule has 0 radical (unpaired) electrons. The molecule has 3 rings (SSSR count). The molecule has 0 fully saturated rings. The Morgan fingerprint density at radius 3 is 2.25 bits per heavy atom. The molecule has 0 bridgehead atoms. The van der Waals surface area contributed by atoms with Crippen molar-refractivity contribution in [3.63, 3.8) is 0 Å². The van der Waals surface area contributed by atoms with Crippen molar-refractivity contribution >= 4 is 23.6 Å². The number of thioether (sulfide) groups is 1. The van der Waals surface area contributed by atoms with Gasteiger partial charge < -0.3 is 15.0 Å². The largest absolute Gasteiger partial charge is 0.497 e. The number of rotatable bonds is 14. The van der Waals surface area contributed by atoms with Crippen LogP contribution in [0.25, 0.3) is 0 Å². The lowest BCUT2D eigenvalue weighted by atomic mass is 10.0. The van der Waals surface area contributed by atoms with Crippen LogP contribution < -0.4 is 10.1 Å². The van der Waals surface area contributed by atoms with E-state index in [2.05, 4.69) is 24.4 Å². The van der Waals surface area contributed by atoms with Gasteiger partial charge in [0.2, 0.25) is 11.8 Å². The van der Waals surface area contributed by atoms with Gasteiger partial charge in [-0.3, -0.25) is 9.59 Å². The maximum atomic E-state index is 13.7. The fraction of sp³-hybridized carbons (Fsp3) is 0.333. The Kier molecular flexibility index (Phi) is 11.4. The number of carbonyl (C=O) groups is 2. The molecule has 0 heterocycles. The molecule has 0 unspecified atom stereocenters. The number of nitrogens with one attached hydrogen (secondary N) is 1. The van der Waals surface area contributed by atoms with Gasteiger partial charge in [-0.25, -0.2) is 0 Å². The van der Waals surface area contributed by atoms with Crippen LogP contribution in [0.4, 0.5) is 0 Å². The number of benzene rings is 3. The van der Waals surface area contributed by atoms with Gasteiger partial charge in [0.05, 0.1) is 12.9 Å². The lowest BCUT2D eigenvalue weighted by Gasteiger charge is -2.31. The molecule has 1 atom stereocenters. The number of ether oxygens (including phenoxy) is 1. The van der Waals surface area contributed by atoms with Crippen molar-refractivity contribution < 1.29 is 14.3 Å². The molecule has 0 aliphatic carbocycles. The summed E-state index contributed by atoms with van der Waals surface area (Å²) in [5, 5.41) is 3.07. The quantitative estimate of drug-likeness (QED) is 0.295. The van der Waals surface area contributed by atoms with E-state index in [1.54, 1.807) is 23.8 Å². The van der Waals surface area contributed by atoms with E-state index in [4.69, 9.17) is 4.74 Å². The highest BCUT2D eigenvalue weighted by Gasteiger charge is 2.30. The summed E-state index contributed by atoms with van der Waals surface area (Å²) in [5.41, 5.74) is 3.12. The highest BCUT2D eigenvalue weighted by atomic mass is 32.2. The second-order valence-electron chi connectivity index (χ2n) is 8.70. The van der Waals surface area contributed by atoms with Crippen LogP contribution in [0.15, 0.2) is 84.9 Å². The molecule has 3 aromatic carbocycles. The number of amides is 2. The van der Waals surface area contributed by atoms with Crippen LogP contribution in [0.5, 0.6) is 5.75 Å². The molecule has 0 saturated carbocycles. The molecular weight excluding hydrogens is 468 g/mol. The normalized spacial score (nSPS) is 11.5. The predicted molar refractivity (Wildman–Crippen MR) is 148 cm³/mol. The molecular formula is C30H36N2O3S. The Balaban J connectivity index is 1.84. The lowest BCUT2D eigenvalue weighted by Crippen LogP contribution is -2.51. The summed E-state index contributed by atoms with van der Waals surface area (Å²) >= 11 is 1.57. The number of unbranched alkanes of at least 4 members (excludes halogenated alkanes) is 1. The lowest BCUT2D eigenvalue weighted by molar-refractivity contribution is -0.139. The second kappa shape index (κ2) is 15.0. The van der Waals surface area contributed by atoms with Crippen molar-refractivity contribution in [3.8, 4) is 5.75 Å². The maximum Gasteiger partial charge on any atom is 0.243 e. The summed E-state index contributed by atoms with van der Waals surface area (Å²) in [4.78, 5) is 28.8. The Morgan fingerprint density at radius 1 is 0.917 bits per heavy atom. The summed E-state index contributed by atoms with van der Waals surface area (Å²) in [6.45, 7) is 3.03. The zero-order chi connectivity index (χ0) is 25.6. The summed E-state index contributed by atoms with van der Waals surface area (Å²) in [6.07, 6.45) is 2.35. The Bertz CT molecular complexity index is 1080. The highest BCUT2D eigenvalue weighted by Crippen LogP contribution is 2.20. The number of nitrogens with zero attached hydrogens (tertiary/aromatic N) is 1. The van der Waals surface area contributed by atoms with Crippen LogP contribution in [0.3, 0.4) is 0 Å². The zero-order valence-electron chi connectivity index (χ0n) is 21.2. The minimum atomic E-state index is -0.611. The van der Waals surface area contributed by atoms with Gasteiger partial charge in [0, 0.05) is 25.3 Å². The average molecular weight is 505 g/mol. The molecule has 190 valence electrons. The van der Waals surface area contributed by atoms with Gasteiger partial charge in [-0.05, 0) is 35.2 Å². The van der Waals surface area contributed by atoms with Gasteiger partial charge in [-0.2, -0.15) is 0 Å². The molecule has 5 nitrogen and oxygen atoms in total. The first kappa shape index (κ1) is 27.3. The number of carbonyl (C=O) groups excluding carboxylic acids is 2. The first-order valence-corrected chi connectivity index (χ1v) is 13.6. The Morgan fingerprint density at radius 2 is 1.58 bits per heavy atom. The van der Waals surface area contributed by atoms with E-state index >= 15 is 0 Å². The molecule has 2 amide bonds. The molecule has 36 heavy (non-hydrogen) atoms. The fourth-order valence-corrected chi connectivity index (χ4v) is 4.81. The summed E-state index contributed by atoms with van der Waals surface area (Å²) in [6, 6.07) is 27.1. The van der Waals surface area contributed by atoms with Gasteiger partial charge in [0.15, 0.2) is 0 Å². The van der Waals surface area contributed by atoms with Gasteiger partial charge in [-0.1, -0.05) is 86.1 Å². The van der Waals surface area contributed by atoms with Crippen LogP contribution >= 0.6 is 11.8 Å². The Hall–Kier alpha value is -3.25.